The lowest BCUT2D eigenvalue weighted by molar-refractivity contribution is -0.143. The number of aromatic hydroxyl groups is 1. The molecule has 0 radical (unpaired) electrons. The van der Waals surface area contributed by atoms with Gasteiger partial charge in [-0.15, -0.1) is 0 Å². The predicted octanol–water partition coefficient (Wildman–Crippen LogP) is 16.1. The van der Waals surface area contributed by atoms with Crippen LogP contribution in [0, 0.1) is 5.41 Å². The summed E-state index contributed by atoms with van der Waals surface area (Å²) in [5, 5.41) is 9.83. The second-order valence-corrected chi connectivity index (χ2v) is 20.5. The number of rotatable bonds is 21. The van der Waals surface area contributed by atoms with Crippen LogP contribution in [0.4, 0.5) is 9.59 Å². The van der Waals surface area contributed by atoms with Gasteiger partial charge in [0.25, 0.3) is 0 Å². The Morgan fingerprint density at radius 1 is 0.415 bits per heavy atom. The summed E-state index contributed by atoms with van der Waals surface area (Å²) >= 11 is 0. The molecule has 0 aliphatic heterocycles. The van der Waals surface area contributed by atoms with Gasteiger partial charge < -0.3 is 38.6 Å². The second-order valence-electron chi connectivity index (χ2n) is 20.5. The number of esters is 1. The number of likely N-dealkylation sites (N-methyl/N-ethyl adjacent to an activating group) is 2. The zero-order valence-electron chi connectivity index (χ0n) is 48.0. The Labute approximate surface area is 483 Å². The Morgan fingerprint density at radius 2 is 0.732 bits per heavy atom. The molecule has 0 saturated carbocycles. The van der Waals surface area contributed by atoms with Crippen molar-refractivity contribution in [2.45, 2.75) is 60.7 Å². The predicted molar refractivity (Wildman–Crippen MR) is 327 cm³/mol. The number of hydrogen-bond donors (Lipinski definition) is 1. The molecule has 11 nitrogen and oxygen atoms in total. The van der Waals surface area contributed by atoms with Crippen molar-refractivity contribution in [3.8, 4) is 23.0 Å². The molecule has 0 spiro atoms. The summed E-state index contributed by atoms with van der Waals surface area (Å²) in [6.07, 6.45) is 0.898. The van der Waals surface area contributed by atoms with Crippen LogP contribution in [0.2, 0.25) is 0 Å². The first kappa shape index (κ1) is 60.3. The fourth-order valence-electron chi connectivity index (χ4n) is 8.82. The highest BCUT2D eigenvalue weighted by Crippen LogP contribution is 2.38. The van der Waals surface area contributed by atoms with Crippen molar-refractivity contribution in [2.75, 3.05) is 40.4 Å². The molecule has 0 aromatic heterocycles. The van der Waals surface area contributed by atoms with Gasteiger partial charge in [0, 0.05) is 14.1 Å². The maximum Gasteiger partial charge on any atom is 0.409 e. The molecule has 82 heavy (non-hydrogen) atoms. The fraction of sp³-hybridized carbons (Fsp3) is 0.225. The third kappa shape index (κ3) is 17.8. The first-order valence-electron chi connectivity index (χ1n) is 27.7. The van der Waals surface area contributed by atoms with Crippen LogP contribution in [-0.2, 0) is 27.5 Å². The van der Waals surface area contributed by atoms with Crippen LogP contribution in [0.25, 0.3) is 22.3 Å². The first-order valence-corrected chi connectivity index (χ1v) is 27.7. The summed E-state index contributed by atoms with van der Waals surface area (Å²) in [6.45, 7) is 11.8. The van der Waals surface area contributed by atoms with Crippen molar-refractivity contribution < 1.29 is 43.2 Å². The van der Waals surface area contributed by atoms with E-state index in [-0.39, 0.29) is 31.0 Å². The van der Waals surface area contributed by atoms with Gasteiger partial charge in [-0.2, -0.15) is 0 Å². The Kier molecular flexibility index (Phi) is 22.3. The minimum Gasteiger partial charge on any atom is -0.508 e. The summed E-state index contributed by atoms with van der Waals surface area (Å²) in [5.74, 6) is 1.92. The number of benzene rings is 8. The van der Waals surface area contributed by atoms with Crippen LogP contribution < -0.4 is 14.2 Å². The molecule has 11 heteroatoms. The second kappa shape index (κ2) is 30.3. The number of allylic oxidation sites excluding steroid dienone is 2. The number of nitrogens with zero attached hydrogens (tertiary/aromatic N) is 2. The molecule has 422 valence electrons. The molecule has 8 rings (SSSR count). The maximum absolute atomic E-state index is 12.4. The molecular formula is C71H74N2O9. The molecule has 0 heterocycles. The van der Waals surface area contributed by atoms with Crippen LogP contribution in [0.3, 0.4) is 0 Å². The maximum atomic E-state index is 12.4. The summed E-state index contributed by atoms with van der Waals surface area (Å²) in [4.78, 5) is 40.1. The Balaban J connectivity index is 0.000000239. The molecule has 8 aromatic rings. The largest absolute Gasteiger partial charge is 0.508 e. The lowest BCUT2D eigenvalue weighted by Gasteiger charge is -2.19. The molecule has 0 fully saturated rings. The molecule has 8 aromatic carbocycles. The van der Waals surface area contributed by atoms with Gasteiger partial charge in [0.2, 0.25) is 0 Å². The van der Waals surface area contributed by atoms with E-state index in [9.17, 15) is 19.5 Å². The number of phenols is 1. The van der Waals surface area contributed by atoms with E-state index < -0.39 is 11.5 Å². The minimum absolute atomic E-state index is 0.232. The van der Waals surface area contributed by atoms with Gasteiger partial charge in [-0.25, -0.2) is 9.59 Å². The minimum atomic E-state index is -0.586. The quantitative estimate of drug-likeness (QED) is 0.0425. The highest BCUT2D eigenvalue weighted by atomic mass is 16.6. The first-order chi connectivity index (χ1) is 39.7. The van der Waals surface area contributed by atoms with Crippen molar-refractivity contribution in [2.24, 2.45) is 5.41 Å². The molecule has 0 aliphatic rings. The van der Waals surface area contributed by atoms with Gasteiger partial charge >= 0.3 is 18.2 Å². The third-order valence-electron chi connectivity index (χ3n) is 13.4. The number of carbonyl (C=O) groups is 3. The molecular weight excluding hydrogens is 1020 g/mol. The zero-order chi connectivity index (χ0) is 58.3. The summed E-state index contributed by atoms with van der Waals surface area (Å²) < 4.78 is 28.2. The van der Waals surface area contributed by atoms with E-state index in [0.717, 1.165) is 68.7 Å². The van der Waals surface area contributed by atoms with Gasteiger partial charge in [0.05, 0.1) is 18.5 Å². The van der Waals surface area contributed by atoms with Crippen molar-refractivity contribution in [3.63, 3.8) is 0 Å². The van der Waals surface area contributed by atoms with Crippen LogP contribution in [0.5, 0.6) is 23.0 Å². The topological polar surface area (TPSA) is 124 Å². The summed E-state index contributed by atoms with van der Waals surface area (Å²) in [6, 6.07) is 70.9. The van der Waals surface area contributed by atoms with Crippen molar-refractivity contribution in [1.82, 2.24) is 9.80 Å². The van der Waals surface area contributed by atoms with E-state index in [1.165, 1.54) is 26.5 Å². The third-order valence-corrected chi connectivity index (χ3v) is 13.4. The van der Waals surface area contributed by atoms with Crippen molar-refractivity contribution in [1.29, 1.82) is 0 Å². The van der Waals surface area contributed by atoms with E-state index in [2.05, 4.69) is 50.2 Å². The lowest BCUT2D eigenvalue weighted by Crippen LogP contribution is -2.31. The monoisotopic (exact) mass is 1100 g/mol. The molecule has 0 saturated heterocycles. The van der Waals surface area contributed by atoms with Gasteiger partial charge in [0.15, 0.2) is 0 Å². The van der Waals surface area contributed by atoms with Crippen molar-refractivity contribution in [3.05, 3.63) is 263 Å². The Hall–Kier alpha value is -9.35. The average Bonchev–Trinajstić information content (AvgIpc) is 3.54. The molecule has 0 atom stereocenters. The van der Waals surface area contributed by atoms with E-state index >= 15 is 0 Å². The Bertz CT molecular complexity index is 3320. The Morgan fingerprint density at radius 3 is 1.06 bits per heavy atom. The zero-order valence-corrected chi connectivity index (χ0v) is 48.0. The lowest BCUT2D eigenvalue weighted by atomic mass is 9.88. The van der Waals surface area contributed by atoms with Gasteiger partial charge in [-0.3, -0.25) is 4.79 Å². The molecule has 0 unspecified atom stereocenters. The van der Waals surface area contributed by atoms with Gasteiger partial charge in [-0.05, 0) is 149 Å². The molecule has 0 aliphatic carbocycles. The van der Waals surface area contributed by atoms with Crippen LogP contribution in [0.15, 0.2) is 218 Å². The van der Waals surface area contributed by atoms with Gasteiger partial charge in [0.1, 0.15) is 49.4 Å². The average molecular weight is 1100 g/mol. The van der Waals surface area contributed by atoms with Crippen LogP contribution >= 0.6 is 0 Å². The number of amides is 2. The van der Waals surface area contributed by atoms with Gasteiger partial charge in [-0.1, -0.05) is 184 Å². The summed E-state index contributed by atoms with van der Waals surface area (Å²) in [7, 11) is 3.40. The number of carbonyl (C=O) groups excluding carboxylic acids is 3. The van der Waals surface area contributed by atoms with Crippen molar-refractivity contribution >= 4 is 40.4 Å². The highest BCUT2D eigenvalue weighted by Gasteiger charge is 2.24. The van der Waals surface area contributed by atoms with Crippen LogP contribution in [-0.4, -0.2) is 73.5 Å². The normalized spacial score (nSPS) is 11.6. The van der Waals surface area contributed by atoms with E-state index in [4.69, 9.17) is 23.7 Å². The number of hydrogen-bond acceptors (Lipinski definition) is 9. The molecule has 2 amide bonds. The van der Waals surface area contributed by atoms with E-state index in [1.54, 1.807) is 26.2 Å². The summed E-state index contributed by atoms with van der Waals surface area (Å²) in [5.41, 5.74) is 12.4. The number of ether oxygens (including phenoxy) is 5. The van der Waals surface area contributed by atoms with E-state index in [1.807, 2.05) is 191 Å². The van der Waals surface area contributed by atoms with E-state index in [0.29, 0.717) is 37.8 Å². The highest BCUT2D eigenvalue weighted by molar-refractivity contribution is 5.99. The molecule has 1 N–H and O–H groups in total. The fourth-order valence-corrected chi connectivity index (χ4v) is 8.82. The standard InChI is InChI=1S/C38H41NO5.C33H33NO4/c1-6-34(29-15-11-8-12-16-29)35(31-19-23-33(24-20-31)44-36(40)38(2,3)4)30-17-21-32(22-18-30)42-26-25-39(5)37(41)43-27-28-13-9-7-10-14-28;1-3-31(26-12-8-5-9-13-26)32(27-14-18-29(35)19-15-27)28-16-20-30(21-17-28)37-23-22-34(2)33(36)38-24-25-10-6-4-7-11-25/h7-24H,6,25-27H2,1-5H3;4-21,35H,3,22-24H2,1-2H3/b35-34+;32-31-. The number of phenolic OH excluding ortho intramolecular Hbond substituents is 1. The molecule has 0 bridgehead atoms. The SMILES string of the molecule is CC/C(=C(/c1ccc(OCCN(C)C(=O)OCc2ccccc2)cc1)c1ccc(OC(=O)C(C)(C)C)cc1)c1ccccc1.CC/C(=C(\c1ccc(O)cc1)c1ccc(OCCN(C)C(=O)OCc2ccccc2)cc1)c1ccccc1. The van der Waals surface area contributed by atoms with Crippen LogP contribution in [0.1, 0.15) is 92.0 Å². The smallest absolute Gasteiger partial charge is 0.409 e.